The van der Waals surface area contributed by atoms with E-state index < -0.39 is 0 Å². The van der Waals surface area contributed by atoms with E-state index in [1.54, 1.807) is 7.11 Å². The first-order valence-corrected chi connectivity index (χ1v) is 6.58. The van der Waals surface area contributed by atoms with Gasteiger partial charge in [-0.1, -0.05) is 18.0 Å². The molecule has 1 aromatic rings. The fourth-order valence-corrected chi connectivity index (χ4v) is 3.75. The van der Waals surface area contributed by atoms with E-state index in [-0.39, 0.29) is 5.54 Å². The maximum atomic E-state index is 6.52. The van der Waals surface area contributed by atoms with Crippen molar-refractivity contribution in [2.45, 2.75) is 37.6 Å². The van der Waals surface area contributed by atoms with E-state index in [9.17, 15) is 0 Å². The third kappa shape index (κ3) is 1.66. The van der Waals surface area contributed by atoms with Crippen molar-refractivity contribution in [3.05, 3.63) is 28.8 Å². The van der Waals surface area contributed by atoms with Crippen LogP contribution < -0.4 is 10.5 Å². The second-order valence-electron chi connectivity index (χ2n) is 5.71. The molecular formula is C14H18ClNO. The molecule has 2 N–H and O–H groups in total. The first-order valence-electron chi connectivity index (χ1n) is 6.20. The number of benzene rings is 1. The summed E-state index contributed by atoms with van der Waals surface area (Å²) in [6, 6.07) is 5.73. The molecule has 0 unspecified atom stereocenters. The highest BCUT2D eigenvalue weighted by Crippen LogP contribution is 2.63. The Labute approximate surface area is 107 Å². The second-order valence-corrected chi connectivity index (χ2v) is 6.14. The van der Waals surface area contributed by atoms with Gasteiger partial charge in [0.15, 0.2) is 0 Å². The Balaban J connectivity index is 1.91. The van der Waals surface area contributed by atoms with Gasteiger partial charge in [-0.15, -0.1) is 0 Å². The van der Waals surface area contributed by atoms with Gasteiger partial charge in [0.1, 0.15) is 5.75 Å². The van der Waals surface area contributed by atoms with Crippen LogP contribution in [0.3, 0.4) is 0 Å². The second kappa shape index (κ2) is 3.63. The lowest BCUT2D eigenvalue weighted by molar-refractivity contribution is -0.0470. The van der Waals surface area contributed by atoms with Crippen molar-refractivity contribution >= 4 is 11.6 Å². The number of methoxy groups -OCH3 is 1. The van der Waals surface area contributed by atoms with Crippen molar-refractivity contribution in [3.63, 3.8) is 0 Å². The van der Waals surface area contributed by atoms with Gasteiger partial charge in [0.25, 0.3) is 0 Å². The minimum Gasteiger partial charge on any atom is -0.496 e. The highest BCUT2D eigenvalue weighted by molar-refractivity contribution is 6.30. The normalized spacial score (nSPS) is 23.9. The van der Waals surface area contributed by atoms with Gasteiger partial charge in [0.05, 0.1) is 7.11 Å². The Morgan fingerprint density at radius 2 is 2.00 bits per heavy atom. The molecular weight excluding hydrogens is 234 g/mol. The minimum atomic E-state index is -0.226. The van der Waals surface area contributed by atoms with Gasteiger partial charge in [-0.25, -0.2) is 0 Å². The van der Waals surface area contributed by atoms with Crippen LogP contribution in [0.2, 0.25) is 5.02 Å². The van der Waals surface area contributed by atoms with Crippen LogP contribution in [-0.4, -0.2) is 7.11 Å². The molecule has 0 radical (unpaired) electrons. The van der Waals surface area contributed by atoms with Crippen LogP contribution in [0.1, 0.15) is 37.7 Å². The van der Waals surface area contributed by atoms with Crippen LogP contribution in [0.5, 0.6) is 5.75 Å². The van der Waals surface area contributed by atoms with Gasteiger partial charge < -0.3 is 10.5 Å². The molecule has 1 aromatic carbocycles. The average molecular weight is 252 g/mol. The minimum absolute atomic E-state index is 0.226. The van der Waals surface area contributed by atoms with Gasteiger partial charge in [0, 0.05) is 16.1 Å². The summed E-state index contributed by atoms with van der Waals surface area (Å²) in [4.78, 5) is 0. The number of ether oxygens (including phenoxy) is 1. The third-order valence-electron chi connectivity index (χ3n) is 4.49. The number of hydrogen-bond acceptors (Lipinski definition) is 2. The topological polar surface area (TPSA) is 35.2 Å². The molecule has 0 saturated heterocycles. The van der Waals surface area contributed by atoms with Gasteiger partial charge in [0.2, 0.25) is 0 Å². The third-order valence-corrected chi connectivity index (χ3v) is 4.73. The SMILES string of the molecule is COc1ccc(Cl)cc1C1(N)CC2(CCC2)C1. The quantitative estimate of drug-likeness (QED) is 0.874. The Hall–Kier alpha value is -0.730. The summed E-state index contributed by atoms with van der Waals surface area (Å²) in [7, 11) is 1.69. The Bertz CT molecular complexity index is 446. The Morgan fingerprint density at radius 3 is 2.53 bits per heavy atom. The zero-order valence-corrected chi connectivity index (χ0v) is 10.9. The van der Waals surface area contributed by atoms with Gasteiger partial charge in [-0.3, -0.25) is 0 Å². The molecule has 2 fully saturated rings. The molecule has 0 aliphatic heterocycles. The summed E-state index contributed by atoms with van der Waals surface area (Å²) >= 11 is 6.07. The molecule has 92 valence electrons. The number of nitrogens with two attached hydrogens (primary N) is 1. The maximum Gasteiger partial charge on any atom is 0.124 e. The average Bonchev–Trinajstić information content (AvgIpc) is 2.22. The summed E-state index contributed by atoms with van der Waals surface area (Å²) < 4.78 is 5.40. The first kappa shape index (κ1) is 11.4. The number of halogens is 1. The molecule has 0 bridgehead atoms. The van der Waals surface area contributed by atoms with E-state index in [4.69, 9.17) is 22.1 Å². The Kier molecular flexibility index (Phi) is 2.43. The number of rotatable bonds is 2. The number of hydrogen-bond donors (Lipinski definition) is 1. The zero-order valence-electron chi connectivity index (χ0n) is 10.1. The van der Waals surface area contributed by atoms with E-state index in [2.05, 4.69) is 0 Å². The largest absolute Gasteiger partial charge is 0.496 e. The Morgan fingerprint density at radius 1 is 1.29 bits per heavy atom. The van der Waals surface area contributed by atoms with Crippen LogP contribution in [0.15, 0.2) is 18.2 Å². The fourth-order valence-electron chi connectivity index (χ4n) is 3.58. The van der Waals surface area contributed by atoms with Gasteiger partial charge >= 0.3 is 0 Å². The summed E-state index contributed by atoms with van der Waals surface area (Å²) in [6.45, 7) is 0. The van der Waals surface area contributed by atoms with Crippen molar-refractivity contribution < 1.29 is 4.74 Å². The van der Waals surface area contributed by atoms with Crippen molar-refractivity contribution in [2.75, 3.05) is 7.11 Å². The zero-order chi connectivity index (χ0) is 12.1. The lowest BCUT2D eigenvalue weighted by atomic mass is 9.47. The summed E-state index contributed by atoms with van der Waals surface area (Å²) in [5, 5.41) is 0.736. The van der Waals surface area contributed by atoms with E-state index in [1.807, 2.05) is 18.2 Å². The summed E-state index contributed by atoms with van der Waals surface area (Å²) in [5.41, 5.74) is 7.91. The highest BCUT2D eigenvalue weighted by atomic mass is 35.5. The van der Waals surface area contributed by atoms with Crippen LogP contribution >= 0.6 is 11.6 Å². The fraction of sp³-hybridized carbons (Fsp3) is 0.571. The molecule has 0 aromatic heterocycles. The van der Waals surface area contributed by atoms with Crippen LogP contribution in [0.4, 0.5) is 0 Å². The molecule has 2 saturated carbocycles. The van der Waals surface area contributed by atoms with Crippen molar-refractivity contribution in [2.24, 2.45) is 11.1 Å². The van der Waals surface area contributed by atoms with E-state index >= 15 is 0 Å². The van der Waals surface area contributed by atoms with E-state index in [0.29, 0.717) is 5.41 Å². The molecule has 17 heavy (non-hydrogen) atoms. The molecule has 0 amide bonds. The van der Waals surface area contributed by atoms with Crippen molar-refractivity contribution in [1.29, 1.82) is 0 Å². The lowest BCUT2D eigenvalue weighted by Crippen LogP contribution is -2.58. The molecule has 1 spiro atoms. The smallest absolute Gasteiger partial charge is 0.124 e. The summed E-state index contributed by atoms with van der Waals surface area (Å²) in [5.74, 6) is 0.867. The van der Waals surface area contributed by atoms with Crippen LogP contribution in [0, 0.1) is 5.41 Å². The van der Waals surface area contributed by atoms with E-state index in [0.717, 1.165) is 29.2 Å². The molecule has 2 nitrogen and oxygen atoms in total. The summed E-state index contributed by atoms with van der Waals surface area (Å²) in [6.07, 6.45) is 6.21. The van der Waals surface area contributed by atoms with E-state index in [1.165, 1.54) is 19.3 Å². The maximum absolute atomic E-state index is 6.52. The molecule has 2 aliphatic carbocycles. The van der Waals surface area contributed by atoms with Crippen molar-refractivity contribution in [3.8, 4) is 5.75 Å². The monoisotopic (exact) mass is 251 g/mol. The first-order chi connectivity index (χ1) is 8.07. The standard InChI is InChI=1S/C14H18ClNO/c1-17-12-4-3-10(15)7-11(12)14(16)8-13(9-14)5-2-6-13/h3-4,7H,2,5-6,8-9,16H2,1H3. The van der Waals surface area contributed by atoms with Gasteiger partial charge in [-0.2, -0.15) is 0 Å². The highest BCUT2D eigenvalue weighted by Gasteiger charge is 2.56. The lowest BCUT2D eigenvalue weighted by Gasteiger charge is -2.60. The van der Waals surface area contributed by atoms with Crippen LogP contribution in [-0.2, 0) is 5.54 Å². The predicted octanol–water partition coefficient (Wildman–Crippen LogP) is 3.47. The molecule has 3 rings (SSSR count). The van der Waals surface area contributed by atoms with Crippen LogP contribution in [0.25, 0.3) is 0 Å². The predicted molar refractivity (Wildman–Crippen MR) is 69.4 cm³/mol. The molecule has 2 aliphatic rings. The molecule has 0 atom stereocenters. The molecule has 0 heterocycles. The van der Waals surface area contributed by atoms with Crippen molar-refractivity contribution in [1.82, 2.24) is 0 Å². The van der Waals surface area contributed by atoms with Gasteiger partial charge in [-0.05, 0) is 49.3 Å². The molecule has 3 heteroatoms.